The van der Waals surface area contributed by atoms with Crippen molar-refractivity contribution in [3.8, 4) is 0 Å². The van der Waals surface area contributed by atoms with Gasteiger partial charge in [-0.15, -0.1) is 0 Å². The summed E-state index contributed by atoms with van der Waals surface area (Å²) in [7, 11) is 0. The zero-order valence-electron chi connectivity index (χ0n) is 10.1. The molecule has 0 saturated carbocycles. The molecule has 2 rings (SSSR count). The number of rotatable bonds is 5. The van der Waals surface area contributed by atoms with Gasteiger partial charge in [-0.3, -0.25) is 4.79 Å². The van der Waals surface area contributed by atoms with Crippen molar-refractivity contribution in [1.82, 2.24) is 0 Å². The highest BCUT2D eigenvalue weighted by molar-refractivity contribution is 5.97. The Bertz CT molecular complexity index is 582. The maximum absolute atomic E-state index is 13.3. The van der Waals surface area contributed by atoms with Crippen LogP contribution in [0.1, 0.15) is 15.9 Å². The van der Waals surface area contributed by atoms with Crippen molar-refractivity contribution in [3.05, 3.63) is 71.3 Å². The average Bonchev–Trinajstić information content (AvgIpc) is 2.41. The molecule has 4 heteroatoms. The van der Waals surface area contributed by atoms with Gasteiger partial charge in [0.25, 0.3) is 0 Å². The van der Waals surface area contributed by atoms with Crippen LogP contribution < -0.4 is 0 Å². The lowest BCUT2D eigenvalue weighted by Crippen LogP contribution is -2.09. The van der Waals surface area contributed by atoms with Gasteiger partial charge in [0.15, 0.2) is 5.78 Å². The van der Waals surface area contributed by atoms with E-state index in [0.717, 1.165) is 6.07 Å². The quantitative estimate of drug-likeness (QED) is 0.772. The standard InChI is InChI=1S/C15H12F2O2/c16-13-6-3-5-11(8-13)15(18)10-19-9-12-4-1-2-7-14(12)17/h1-8H,9-10H2. The topological polar surface area (TPSA) is 26.3 Å². The molecule has 0 saturated heterocycles. The van der Waals surface area contributed by atoms with Gasteiger partial charge in [-0.05, 0) is 18.2 Å². The van der Waals surface area contributed by atoms with Crippen LogP contribution in [0.5, 0.6) is 0 Å². The predicted molar refractivity (Wildman–Crippen MR) is 66.8 cm³/mol. The maximum Gasteiger partial charge on any atom is 0.188 e. The highest BCUT2D eigenvalue weighted by Gasteiger charge is 2.08. The lowest BCUT2D eigenvalue weighted by Gasteiger charge is -2.05. The van der Waals surface area contributed by atoms with E-state index in [1.807, 2.05) is 0 Å². The molecule has 0 N–H and O–H groups in total. The minimum absolute atomic E-state index is 0.00767. The smallest absolute Gasteiger partial charge is 0.188 e. The van der Waals surface area contributed by atoms with E-state index in [9.17, 15) is 13.6 Å². The van der Waals surface area contributed by atoms with Crippen molar-refractivity contribution in [2.45, 2.75) is 6.61 Å². The summed E-state index contributed by atoms with van der Waals surface area (Å²) in [6.07, 6.45) is 0. The summed E-state index contributed by atoms with van der Waals surface area (Å²) in [4.78, 5) is 11.7. The highest BCUT2D eigenvalue weighted by atomic mass is 19.1. The molecule has 0 aromatic heterocycles. The molecule has 0 aliphatic heterocycles. The molecule has 0 atom stereocenters. The van der Waals surface area contributed by atoms with Crippen LogP contribution in [0.4, 0.5) is 8.78 Å². The molecule has 0 spiro atoms. The predicted octanol–water partition coefficient (Wildman–Crippen LogP) is 3.36. The molecule has 0 fully saturated rings. The summed E-state index contributed by atoms with van der Waals surface area (Å²) in [6, 6.07) is 11.6. The number of hydrogen-bond donors (Lipinski definition) is 0. The third-order valence-corrected chi connectivity index (χ3v) is 2.60. The number of benzene rings is 2. The second-order valence-electron chi connectivity index (χ2n) is 4.02. The first-order valence-electron chi connectivity index (χ1n) is 5.77. The molecule has 2 aromatic rings. The van der Waals surface area contributed by atoms with Crippen molar-refractivity contribution >= 4 is 5.78 Å². The van der Waals surface area contributed by atoms with Crippen molar-refractivity contribution in [1.29, 1.82) is 0 Å². The van der Waals surface area contributed by atoms with Gasteiger partial charge < -0.3 is 4.74 Å². The number of hydrogen-bond acceptors (Lipinski definition) is 2. The van der Waals surface area contributed by atoms with Gasteiger partial charge in [0, 0.05) is 11.1 Å². The van der Waals surface area contributed by atoms with E-state index < -0.39 is 5.82 Å². The molecular formula is C15H12F2O2. The molecule has 98 valence electrons. The van der Waals surface area contributed by atoms with Crippen LogP contribution in [0, 0.1) is 11.6 Å². The van der Waals surface area contributed by atoms with Gasteiger partial charge in [-0.2, -0.15) is 0 Å². The average molecular weight is 262 g/mol. The minimum Gasteiger partial charge on any atom is -0.369 e. The Morgan fingerprint density at radius 3 is 2.58 bits per heavy atom. The van der Waals surface area contributed by atoms with Crippen LogP contribution in [0.3, 0.4) is 0 Å². The Morgan fingerprint density at radius 1 is 1.05 bits per heavy atom. The number of carbonyl (C=O) groups is 1. The Hall–Kier alpha value is -2.07. The fourth-order valence-corrected chi connectivity index (χ4v) is 1.61. The molecule has 2 aromatic carbocycles. The molecular weight excluding hydrogens is 250 g/mol. The van der Waals surface area contributed by atoms with Crippen molar-refractivity contribution < 1.29 is 18.3 Å². The van der Waals surface area contributed by atoms with E-state index in [1.165, 1.54) is 24.3 Å². The molecule has 19 heavy (non-hydrogen) atoms. The first-order chi connectivity index (χ1) is 9.16. The molecule has 0 heterocycles. The molecule has 0 amide bonds. The molecule has 0 radical (unpaired) electrons. The Morgan fingerprint density at radius 2 is 1.84 bits per heavy atom. The van der Waals surface area contributed by atoms with Crippen LogP contribution in [0.2, 0.25) is 0 Å². The Balaban J connectivity index is 1.90. The van der Waals surface area contributed by atoms with Crippen molar-refractivity contribution in [3.63, 3.8) is 0 Å². The summed E-state index contributed by atoms with van der Waals surface area (Å²) >= 11 is 0. The van der Waals surface area contributed by atoms with Crippen LogP contribution in [-0.4, -0.2) is 12.4 Å². The molecule has 2 nitrogen and oxygen atoms in total. The number of carbonyl (C=O) groups excluding carboxylic acids is 1. The monoisotopic (exact) mass is 262 g/mol. The molecule has 0 aliphatic carbocycles. The lowest BCUT2D eigenvalue weighted by molar-refractivity contribution is 0.0720. The molecule has 0 unspecified atom stereocenters. The highest BCUT2D eigenvalue weighted by Crippen LogP contribution is 2.09. The Kier molecular flexibility index (Phi) is 4.36. The van der Waals surface area contributed by atoms with Crippen molar-refractivity contribution in [2.75, 3.05) is 6.61 Å². The summed E-state index contributed by atoms with van der Waals surface area (Å²) in [5, 5.41) is 0. The van der Waals surface area contributed by atoms with Crippen LogP contribution in [0.25, 0.3) is 0 Å². The van der Waals surface area contributed by atoms with Gasteiger partial charge in [-0.25, -0.2) is 8.78 Å². The summed E-state index contributed by atoms with van der Waals surface area (Å²) in [5.74, 6) is -1.18. The fraction of sp³-hybridized carbons (Fsp3) is 0.133. The maximum atomic E-state index is 13.3. The third kappa shape index (κ3) is 3.69. The zero-order valence-corrected chi connectivity index (χ0v) is 10.1. The molecule has 0 aliphatic rings. The zero-order chi connectivity index (χ0) is 13.7. The number of ether oxygens (including phenoxy) is 1. The summed E-state index contributed by atoms with van der Waals surface area (Å²) in [5.41, 5.74) is 0.628. The van der Waals surface area contributed by atoms with E-state index in [4.69, 9.17) is 4.74 Å². The van der Waals surface area contributed by atoms with Crippen LogP contribution >= 0.6 is 0 Å². The third-order valence-electron chi connectivity index (χ3n) is 2.60. The second kappa shape index (κ2) is 6.20. The largest absolute Gasteiger partial charge is 0.369 e. The first kappa shape index (κ1) is 13.4. The van der Waals surface area contributed by atoms with Gasteiger partial charge >= 0.3 is 0 Å². The van der Waals surface area contributed by atoms with Gasteiger partial charge in [0.05, 0.1) is 6.61 Å². The van der Waals surface area contributed by atoms with Gasteiger partial charge in [-0.1, -0.05) is 30.3 Å². The van der Waals surface area contributed by atoms with E-state index in [2.05, 4.69) is 0 Å². The van der Waals surface area contributed by atoms with Crippen molar-refractivity contribution in [2.24, 2.45) is 0 Å². The first-order valence-corrected chi connectivity index (χ1v) is 5.77. The number of halogens is 2. The van der Waals surface area contributed by atoms with E-state index in [1.54, 1.807) is 18.2 Å². The van der Waals surface area contributed by atoms with Gasteiger partial charge in [0.2, 0.25) is 0 Å². The lowest BCUT2D eigenvalue weighted by atomic mass is 10.1. The second-order valence-corrected chi connectivity index (χ2v) is 4.02. The SMILES string of the molecule is O=C(COCc1ccccc1F)c1cccc(F)c1. The number of ketones is 1. The van der Waals surface area contributed by atoms with E-state index in [-0.39, 0.29) is 30.4 Å². The molecule has 0 bridgehead atoms. The minimum atomic E-state index is -0.472. The van der Waals surface area contributed by atoms with Crippen LogP contribution in [-0.2, 0) is 11.3 Å². The van der Waals surface area contributed by atoms with Crippen LogP contribution in [0.15, 0.2) is 48.5 Å². The van der Waals surface area contributed by atoms with E-state index in [0.29, 0.717) is 5.56 Å². The normalized spacial score (nSPS) is 10.4. The van der Waals surface area contributed by atoms with Gasteiger partial charge in [0.1, 0.15) is 18.2 Å². The Labute approximate surface area is 109 Å². The summed E-state index contributed by atoms with van der Waals surface area (Å²) < 4.78 is 31.3. The van der Waals surface area contributed by atoms with E-state index >= 15 is 0 Å². The summed E-state index contributed by atoms with van der Waals surface area (Å²) in [6.45, 7) is -0.203. The number of Topliss-reactive ketones (excluding diaryl/α,β-unsaturated/α-hetero) is 1. The fourth-order valence-electron chi connectivity index (χ4n) is 1.61.